The van der Waals surface area contributed by atoms with Crippen molar-refractivity contribution in [3.63, 3.8) is 0 Å². The van der Waals surface area contributed by atoms with Crippen molar-refractivity contribution < 1.29 is 10.2 Å². The number of H-pyrrole nitrogens is 1. The molecule has 3 N–H and O–H groups in total. The van der Waals surface area contributed by atoms with Gasteiger partial charge in [-0.25, -0.2) is 4.90 Å². The SMILES string of the molecule is Cc1[nH]c2ccccc2c1C1=C(Br)C(O)N(C)C1O. The van der Waals surface area contributed by atoms with Gasteiger partial charge in [-0.1, -0.05) is 34.1 Å². The number of aryl methyl sites for hydroxylation is 1. The highest BCUT2D eigenvalue weighted by atomic mass is 79.9. The van der Waals surface area contributed by atoms with Crippen LogP contribution >= 0.6 is 15.9 Å². The Hall–Kier alpha value is -1.14. The lowest BCUT2D eigenvalue weighted by Crippen LogP contribution is -2.34. The molecule has 2 heterocycles. The molecular weight excluding hydrogens is 308 g/mol. The van der Waals surface area contributed by atoms with Crippen molar-refractivity contribution in [2.45, 2.75) is 19.4 Å². The van der Waals surface area contributed by atoms with Crippen LogP contribution in [0.1, 0.15) is 11.3 Å². The number of benzene rings is 1. The summed E-state index contributed by atoms with van der Waals surface area (Å²) in [6, 6.07) is 7.95. The molecule has 100 valence electrons. The molecule has 1 aliphatic heterocycles. The summed E-state index contributed by atoms with van der Waals surface area (Å²) in [5, 5.41) is 21.4. The van der Waals surface area contributed by atoms with E-state index in [1.54, 1.807) is 7.05 Å². The second-order valence-corrected chi connectivity index (χ2v) is 5.70. The van der Waals surface area contributed by atoms with Gasteiger partial charge in [-0.2, -0.15) is 0 Å². The first-order valence-electron chi connectivity index (χ1n) is 6.07. The first-order chi connectivity index (χ1) is 9.02. The second kappa shape index (κ2) is 4.45. The Morgan fingerprint density at radius 1 is 1.21 bits per heavy atom. The van der Waals surface area contributed by atoms with Crippen LogP contribution in [0.5, 0.6) is 0 Å². The summed E-state index contributed by atoms with van der Waals surface area (Å²) >= 11 is 3.41. The van der Waals surface area contributed by atoms with E-state index in [0.717, 1.165) is 27.7 Å². The van der Waals surface area contributed by atoms with Gasteiger partial charge in [0.2, 0.25) is 0 Å². The van der Waals surface area contributed by atoms with E-state index >= 15 is 0 Å². The molecule has 5 heteroatoms. The van der Waals surface area contributed by atoms with E-state index in [4.69, 9.17) is 0 Å². The smallest absolute Gasteiger partial charge is 0.142 e. The summed E-state index contributed by atoms with van der Waals surface area (Å²) in [6.45, 7) is 1.97. The number of aromatic nitrogens is 1. The van der Waals surface area contributed by atoms with Gasteiger partial charge in [0.25, 0.3) is 0 Å². The van der Waals surface area contributed by atoms with Gasteiger partial charge < -0.3 is 15.2 Å². The third-order valence-corrected chi connectivity index (χ3v) is 4.51. The lowest BCUT2D eigenvalue weighted by molar-refractivity contribution is -0.0180. The Kier molecular flexibility index (Phi) is 3.02. The predicted molar refractivity (Wildman–Crippen MR) is 78.7 cm³/mol. The van der Waals surface area contributed by atoms with Crippen LogP contribution in [0.15, 0.2) is 28.7 Å². The van der Waals surface area contributed by atoms with Gasteiger partial charge in [0.15, 0.2) is 0 Å². The number of nitrogens with zero attached hydrogens (tertiary/aromatic N) is 1. The first kappa shape index (κ1) is 12.9. The molecule has 2 atom stereocenters. The van der Waals surface area contributed by atoms with Gasteiger partial charge in [-0.15, -0.1) is 0 Å². The number of rotatable bonds is 1. The van der Waals surface area contributed by atoms with Crippen LogP contribution < -0.4 is 0 Å². The van der Waals surface area contributed by atoms with E-state index < -0.39 is 12.5 Å². The average Bonchev–Trinajstić information content (AvgIpc) is 2.81. The molecule has 4 nitrogen and oxygen atoms in total. The zero-order valence-electron chi connectivity index (χ0n) is 10.7. The number of hydrogen-bond donors (Lipinski definition) is 3. The molecule has 19 heavy (non-hydrogen) atoms. The Bertz CT molecular complexity index is 677. The summed E-state index contributed by atoms with van der Waals surface area (Å²) < 4.78 is 0.621. The minimum absolute atomic E-state index is 0.621. The third-order valence-electron chi connectivity index (χ3n) is 3.68. The summed E-state index contributed by atoms with van der Waals surface area (Å²) in [6.07, 6.45) is -1.62. The summed E-state index contributed by atoms with van der Waals surface area (Å²) in [7, 11) is 1.69. The number of para-hydroxylation sites is 1. The van der Waals surface area contributed by atoms with Crippen LogP contribution in [0.3, 0.4) is 0 Å². The number of halogens is 1. The molecule has 3 rings (SSSR count). The van der Waals surface area contributed by atoms with Gasteiger partial charge in [-0.3, -0.25) is 0 Å². The molecule has 0 saturated heterocycles. The Labute approximate surface area is 119 Å². The zero-order valence-corrected chi connectivity index (χ0v) is 12.3. The van der Waals surface area contributed by atoms with Gasteiger partial charge in [0.05, 0.1) is 0 Å². The van der Waals surface area contributed by atoms with Crippen molar-refractivity contribution in [2.24, 2.45) is 0 Å². The fourth-order valence-electron chi connectivity index (χ4n) is 2.65. The Morgan fingerprint density at radius 2 is 1.89 bits per heavy atom. The minimum atomic E-state index is -0.817. The van der Waals surface area contributed by atoms with E-state index in [-0.39, 0.29) is 0 Å². The molecule has 0 fully saturated rings. The van der Waals surface area contributed by atoms with E-state index in [1.807, 2.05) is 31.2 Å². The number of hydrogen-bond acceptors (Lipinski definition) is 3. The maximum Gasteiger partial charge on any atom is 0.142 e. The molecule has 1 aliphatic rings. The van der Waals surface area contributed by atoms with Crippen molar-refractivity contribution in [2.75, 3.05) is 7.05 Å². The maximum absolute atomic E-state index is 10.3. The van der Waals surface area contributed by atoms with Crippen LogP contribution in [0.25, 0.3) is 16.5 Å². The highest BCUT2D eigenvalue weighted by Gasteiger charge is 2.37. The molecule has 0 aliphatic carbocycles. The molecular formula is C14H15BrN2O2. The molecule has 0 bridgehead atoms. The number of likely N-dealkylation sites (N-methyl/N-ethyl adjacent to an activating group) is 1. The lowest BCUT2D eigenvalue weighted by Gasteiger charge is -2.19. The fourth-order valence-corrected chi connectivity index (χ4v) is 3.38. The van der Waals surface area contributed by atoms with Crippen LogP contribution in [0, 0.1) is 6.92 Å². The van der Waals surface area contributed by atoms with Crippen molar-refractivity contribution in [1.29, 1.82) is 0 Å². The van der Waals surface area contributed by atoms with E-state index in [1.165, 1.54) is 4.90 Å². The zero-order chi connectivity index (χ0) is 13.7. The Morgan fingerprint density at radius 3 is 2.53 bits per heavy atom. The number of aromatic amines is 1. The Balaban J connectivity index is 2.28. The summed E-state index contributed by atoms with van der Waals surface area (Å²) in [4.78, 5) is 4.82. The van der Waals surface area contributed by atoms with E-state index in [9.17, 15) is 10.2 Å². The molecule has 0 amide bonds. The molecule has 0 radical (unpaired) electrons. The molecule has 1 aromatic carbocycles. The monoisotopic (exact) mass is 322 g/mol. The fraction of sp³-hybridized carbons (Fsp3) is 0.286. The summed E-state index contributed by atoms with van der Waals surface area (Å²) in [5.74, 6) is 0. The molecule has 0 spiro atoms. The van der Waals surface area contributed by atoms with Crippen LogP contribution in [-0.2, 0) is 0 Å². The van der Waals surface area contributed by atoms with Gasteiger partial charge in [-0.05, 0) is 20.0 Å². The van der Waals surface area contributed by atoms with Gasteiger partial charge >= 0.3 is 0 Å². The normalized spacial score (nSPS) is 24.7. The molecule has 0 saturated carbocycles. The van der Waals surface area contributed by atoms with Crippen LogP contribution in [0.2, 0.25) is 0 Å². The van der Waals surface area contributed by atoms with Crippen LogP contribution in [-0.4, -0.2) is 39.6 Å². The minimum Gasteiger partial charge on any atom is -0.374 e. The maximum atomic E-state index is 10.3. The van der Waals surface area contributed by atoms with Crippen molar-refractivity contribution in [3.05, 3.63) is 40.0 Å². The largest absolute Gasteiger partial charge is 0.374 e. The highest BCUT2D eigenvalue weighted by molar-refractivity contribution is 9.11. The molecule has 2 aromatic rings. The molecule has 2 unspecified atom stereocenters. The quantitative estimate of drug-likeness (QED) is 0.754. The topological polar surface area (TPSA) is 59.5 Å². The molecule has 1 aromatic heterocycles. The average molecular weight is 323 g/mol. The van der Waals surface area contributed by atoms with Crippen molar-refractivity contribution in [1.82, 2.24) is 9.88 Å². The predicted octanol–water partition coefficient (Wildman–Crippen LogP) is 2.16. The van der Waals surface area contributed by atoms with Crippen molar-refractivity contribution in [3.8, 4) is 0 Å². The summed E-state index contributed by atoms with van der Waals surface area (Å²) in [5.41, 5.74) is 3.69. The first-order valence-corrected chi connectivity index (χ1v) is 6.87. The second-order valence-electron chi connectivity index (χ2n) is 4.85. The number of fused-ring (bicyclic) bond motifs is 1. The van der Waals surface area contributed by atoms with E-state index in [2.05, 4.69) is 20.9 Å². The van der Waals surface area contributed by atoms with E-state index in [0.29, 0.717) is 4.48 Å². The van der Waals surface area contributed by atoms with Crippen LogP contribution in [0.4, 0.5) is 0 Å². The standard InChI is InChI=1S/C14H15BrN2O2/c1-7-10(8-5-3-4-6-9(8)16-7)11-12(15)14(19)17(2)13(11)18/h3-6,13-14,16,18-19H,1-2H3. The third kappa shape index (κ3) is 1.77. The number of nitrogens with one attached hydrogen (secondary N) is 1. The van der Waals surface area contributed by atoms with Crippen molar-refractivity contribution >= 4 is 32.4 Å². The number of aliphatic hydroxyl groups is 2. The highest BCUT2D eigenvalue weighted by Crippen LogP contribution is 2.41. The van der Waals surface area contributed by atoms with Gasteiger partial charge in [0, 0.05) is 32.2 Å². The lowest BCUT2D eigenvalue weighted by atomic mass is 10.0. The number of aliphatic hydroxyl groups excluding tert-OH is 2. The van der Waals surface area contributed by atoms with Gasteiger partial charge in [0.1, 0.15) is 12.5 Å².